The standard InChI is InChI=1S/C12H22N2O3/c1-11(2,3)17-10(15)14-8-6-9(13-7-8)12(16)4-5-12/h8-9,13,16H,4-7H2,1-3H3,(H,14,15). The number of carbonyl (C=O) groups is 1. The minimum absolute atomic E-state index is 0.0551. The molecule has 5 nitrogen and oxygen atoms in total. The zero-order valence-corrected chi connectivity index (χ0v) is 10.7. The van der Waals surface area contributed by atoms with Crippen molar-refractivity contribution in [2.24, 2.45) is 0 Å². The molecule has 1 aliphatic carbocycles. The molecular weight excluding hydrogens is 220 g/mol. The molecular formula is C12H22N2O3. The van der Waals surface area contributed by atoms with Crippen molar-refractivity contribution in [3.05, 3.63) is 0 Å². The van der Waals surface area contributed by atoms with Gasteiger partial charge in [-0.15, -0.1) is 0 Å². The van der Waals surface area contributed by atoms with Crippen molar-refractivity contribution in [2.75, 3.05) is 6.54 Å². The number of aliphatic hydroxyl groups is 1. The second-order valence-corrected chi connectivity index (χ2v) is 6.14. The summed E-state index contributed by atoms with van der Waals surface area (Å²) in [5.74, 6) is 0. The summed E-state index contributed by atoms with van der Waals surface area (Å²) < 4.78 is 5.20. The smallest absolute Gasteiger partial charge is 0.407 e. The highest BCUT2D eigenvalue weighted by molar-refractivity contribution is 5.68. The van der Waals surface area contributed by atoms with E-state index < -0.39 is 11.2 Å². The fraction of sp³-hybridized carbons (Fsp3) is 0.917. The molecule has 2 unspecified atom stereocenters. The molecule has 1 saturated heterocycles. The van der Waals surface area contributed by atoms with Crippen LogP contribution in [0.15, 0.2) is 0 Å². The number of ether oxygens (including phenoxy) is 1. The second-order valence-electron chi connectivity index (χ2n) is 6.14. The number of nitrogens with one attached hydrogen (secondary N) is 2. The van der Waals surface area contributed by atoms with Crippen molar-refractivity contribution in [3.8, 4) is 0 Å². The Labute approximate surface area is 102 Å². The third-order valence-electron chi connectivity index (χ3n) is 3.26. The molecule has 1 amide bonds. The minimum atomic E-state index is -0.523. The van der Waals surface area contributed by atoms with Crippen molar-refractivity contribution in [1.82, 2.24) is 10.6 Å². The molecule has 2 atom stereocenters. The van der Waals surface area contributed by atoms with E-state index in [1.54, 1.807) is 0 Å². The van der Waals surface area contributed by atoms with Gasteiger partial charge in [-0.1, -0.05) is 0 Å². The van der Waals surface area contributed by atoms with E-state index in [0.717, 1.165) is 19.3 Å². The van der Waals surface area contributed by atoms with E-state index in [1.165, 1.54) is 0 Å². The van der Waals surface area contributed by atoms with Crippen molar-refractivity contribution in [3.63, 3.8) is 0 Å². The SMILES string of the molecule is CC(C)(C)OC(=O)NC1CNC(C2(O)CC2)C1. The highest BCUT2D eigenvalue weighted by Crippen LogP contribution is 2.41. The van der Waals surface area contributed by atoms with Gasteiger partial charge in [-0.2, -0.15) is 0 Å². The van der Waals surface area contributed by atoms with Gasteiger partial charge in [0, 0.05) is 18.6 Å². The van der Waals surface area contributed by atoms with Crippen molar-refractivity contribution in [2.45, 2.75) is 63.3 Å². The lowest BCUT2D eigenvalue weighted by Crippen LogP contribution is -2.40. The fourth-order valence-corrected chi connectivity index (χ4v) is 2.21. The molecule has 5 heteroatoms. The molecule has 0 bridgehead atoms. The Morgan fingerprint density at radius 3 is 2.65 bits per heavy atom. The molecule has 2 fully saturated rings. The molecule has 0 radical (unpaired) electrons. The Kier molecular flexibility index (Phi) is 3.08. The van der Waals surface area contributed by atoms with Crippen LogP contribution in [-0.2, 0) is 4.74 Å². The first-order valence-electron chi connectivity index (χ1n) is 6.24. The lowest BCUT2D eigenvalue weighted by molar-refractivity contribution is 0.0503. The topological polar surface area (TPSA) is 70.6 Å². The third kappa shape index (κ3) is 3.33. The zero-order valence-electron chi connectivity index (χ0n) is 10.7. The van der Waals surface area contributed by atoms with Gasteiger partial charge < -0.3 is 20.5 Å². The van der Waals surface area contributed by atoms with Crippen molar-refractivity contribution < 1.29 is 14.6 Å². The highest BCUT2D eigenvalue weighted by Gasteiger charge is 2.50. The maximum atomic E-state index is 11.6. The maximum Gasteiger partial charge on any atom is 0.407 e. The Hall–Kier alpha value is -0.810. The molecule has 1 aliphatic heterocycles. The average Bonchev–Trinajstić information content (AvgIpc) is 2.73. The maximum absolute atomic E-state index is 11.6. The molecule has 2 aliphatic rings. The van der Waals surface area contributed by atoms with E-state index in [2.05, 4.69) is 10.6 Å². The molecule has 17 heavy (non-hydrogen) atoms. The van der Waals surface area contributed by atoms with Gasteiger partial charge in [0.2, 0.25) is 0 Å². The number of rotatable bonds is 2. The Morgan fingerprint density at radius 1 is 1.47 bits per heavy atom. The normalized spacial score (nSPS) is 31.1. The van der Waals surface area contributed by atoms with Crippen molar-refractivity contribution >= 4 is 6.09 Å². The van der Waals surface area contributed by atoms with Crippen molar-refractivity contribution in [1.29, 1.82) is 0 Å². The summed E-state index contributed by atoms with van der Waals surface area (Å²) in [5.41, 5.74) is -0.991. The molecule has 0 spiro atoms. The van der Waals surface area contributed by atoms with E-state index >= 15 is 0 Å². The van der Waals surface area contributed by atoms with Gasteiger partial charge in [-0.3, -0.25) is 0 Å². The molecule has 1 saturated carbocycles. The van der Waals surface area contributed by atoms with Gasteiger partial charge in [0.15, 0.2) is 0 Å². The number of amides is 1. The van der Waals surface area contributed by atoms with Crippen LogP contribution in [0.25, 0.3) is 0 Å². The van der Waals surface area contributed by atoms with Crippen LogP contribution in [0.2, 0.25) is 0 Å². The third-order valence-corrected chi connectivity index (χ3v) is 3.26. The van der Waals surface area contributed by atoms with E-state index in [9.17, 15) is 9.90 Å². The zero-order chi connectivity index (χ0) is 12.7. The van der Waals surface area contributed by atoms with Crippen LogP contribution in [0.1, 0.15) is 40.0 Å². The predicted octanol–water partition coefficient (Wildman–Crippen LogP) is 0.766. The summed E-state index contributed by atoms with van der Waals surface area (Å²) in [6.45, 7) is 6.23. The first-order chi connectivity index (χ1) is 7.78. The molecule has 0 aromatic heterocycles. The highest BCUT2D eigenvalue weighted by atomic mass is 16.6. The molecule has 0 aromatic rings. The van der Waals surface area contributed by atoms with E-state index in [-0.39, 0.29) is 18.2 Å². The Morgan fingerprint density at radius 2 is 2.12 bits per heavy atom. The fourth-order valence-electron chi connectivity index (χ4n) is 2.21. The van der Waals surface area contributed by atoms with Crippen LogP contribution in [0, 0.1) is 0 Å². The summed E-state index contributed by atoms with van der Waals surface area (Å²) in [5, 5.41) is 16.0. The summed E-state index contributed by atoms with van der Waals surface area (Å²) in [6.07, 6.45) is 2.12. The lowest BCUT2D eigenvalue weighted by Gasteiger charge is -2.21. The van der Waals surface area contributed by atoms with Crippen LogP contribution in [-0.4, -0.2) is 41.0 Å². The lowest BCUT2D eigenvalue weighted by atomic mass is 10.1. The molecule has 1 heterocycles. The van der Waals surface area contributed by atoms with Gasteiger partial charge in [-0.25, -0.2) is 4.79 Å². The largest absolute Gasteiger partial charge is 0.444 e. The quantitative estimate of drug-likeness (QED) is 0.669. The average molecular weight is 242 g/mol. The summed E-state index contributed by atoms with van der Waals surface area (Å²) >= 11 is 0. The Bertz CT molecular complexity index is 307. The first kappa shape index (κ1) is 12.6. The summed E-state index contributed by atoms with van der Waals surface area (Å²) in [7, 11) is 0. The van der Waals surface area contributed by atoms with Gasteiger partial charge in [0.25, 0.3) is 0 Å². The number of carbonyl (C=O) groups excluding carboxylic acids is 1. The van der Waals surface area contributed by atoms with Crippen LogP contribution >= 0.6 is 0 Å². The number of hydrogen-bond donors (Lipinski definition) is 3. The van der Waals surface area contributed by atoms with Gasteiger partial charge in [0.05, 0.1) is 5.60 Å². The van der Waals surface area contributed by atoms with Gasteiger partial charge in [-0.05, 0) is 40.0 Å². The Balaban J connectivity index is 1.76. The van der Waals surface area contributed by atoms with Crippen LogP contribution in [0.5, 0.6) is 0 Å². The second kappa shape index (κ2) is 4.14. The molecule has 98 valence electrons. The molecule has 0 aromatic carbocycles. The van der Waals surface area contributed by atoms with E-state index in [4.69, 9.17) is 4.74 Å². The van der Waals surface area contributed by atoms with Crippen LogP contribution in [0.3, 0.4) is 0 Å². The first-order valence-corrected chi connectivity index (χ1v) is 6.24. The number of hydrogen-bond acceptors (Lipinski definition) is 4. The number of alkyl carbamates (subject to hydrolysis) is 1. The molecule has 3 N–H and O–H groups in total. The van der Waals surface area contributed by atoms with E-state index in [1.807, 2.05) is 20.8 Å². The van der Waals surface area contributed by atoms with E-state index in [0.29, 0.717) is 6.54 Å². The minimum Gasteiger partial charge on any atom is -0.444 e. The van der Waals surface area contributed by atoms with Crippen LogP contribution < -0.4 is 10.6 Å². The summed E-state index contributed by atoms with van der Waals surface area (Å²) in [6, 6.07) is 0.168. The molecule has 2 rings (SSSR count). The van der Waals surface area contributed by atoms with Gasteiger partial charge in [0.1, 0.15) is 5.60 Å². The monoisotopic (exact) mass is 242 g/mol. The van der Waals surface area contributed by atoms with Gasteiger partial charge >= 0.3 is 6.09 Å². The van der Waals surface area contributed by atoms with Crippen LogP contribution in [0.4, 0.5) is 4.79 Å². The predicted molar refractivity (Wildman–Crippen MR) is 63.7 cm³/mol. The summed E-state index contributed by atoms with van der Waals surface area (Å²) in [4.78, 5) is 11.6.